The molecule has 1 fully saturated rings. The van der Waals surface area contributed by atoms with Crippen LogP contribution in [-0.4, -0.2) is 56.3 Å². The summed E-state index contributed by atoms with van der Waals surface area (Å²) in [7, 11) is 1.56. The van der Waals surface area contributed by atoms with Gasteiger partial charge in [0.05, 0.1) is 7.11 Å². The van der Waals surface area contributed by atoms with Crippen LogP contribution in [0.25, 0.3) is 0 Å². The molecule has 10 heteroatoms. The monoisotopic (exact) mass is 611 g/mol. The number of hydrogen-bond acceptors (Lipinski definition) is 7. The molecule has 1 amide bonds. The minimum Gasteiger partial charge on any atom is -0.543 e. The van der Waals surface area contributed by atoms with Crippen LogP contribution in [0.5, 0.6) is 11.6 Å². The molecule has 1 aliphatic heterocycles. The second-order valence-electron chi connectivity index (χ2n) is 13.4. The number of benzene rings is 1. The largest absolute Gasteiger partial charge is 0.543 e. The average molecular weight is 612 g/mol. The summed E-state index contributed by atoms with van der Waals surface area (Å²) < 4.78 is 12.2. The van der Waals surface area contributed by atoms with Crippen LogP contribution in [-0.2, 0) is 5.41 Å². The van der Waals surface area contributed by atoms with E-state index in [1.165, 1.54) is 18.9 Å². The van der Waals surface area contributed by atoms with Gasteiger partial charge in [0.2, 0.25) is 20.1 Å². The van der Waals surface area contributed by atoms with E-state index in [1.54, 1.807) is 0 Å². The number of allylic oxidation sites excluding steroid dienone is 4. The zero-order valence-electron chi connectivity index (χ0n) is 26.5. The Morgan fingerprint density at radius 1 is 1.21 bits per heavy atom. The highest BCUT2D eigenvalue weighted by Gasteiger charge is 2.43. The van der Waals surface area contributed by atoms with Gasteiger partial charge >= 0.3 is 0 Å². The van der Waals surface area contributed by atoms with E-state index in [2.05, 4.69) is 87.1 Å². The van der Waals surface area contributed by atoms with E-state index in [0.29, 0.717) is 18.3 Å². The smallest absolute Gasteiger partial charge is 0.255 e. The van der Waals surface area contributed by atoms with Crippen LogP contribution in [0, 0.1) is 12.8 Å². The van der Waals surface area contributed by atoms with E-state index < -0.39 is 19.6 Å². The number of piperidine rings is 1. The molecule has 1 saturated heterocycles. The van der Waals surface area contributed by atoms with Gasteiger partial charge in [-0.2, -0.15) is 4.98 Å². The summed E-state index contributed by atoms with van der Waals surface area (Å²) in [6.45, 7) is 17.9. The van der Waals surface area contributed by atoms with Crippen molar-refractivity contribution in [1.29, 1.82) is 0 Å². The molecule has 1 unspecified atom stereocenters. The molecule has 1 aromatic carbocycles. The first-order valence-electron chi connectivity index (χ1n) is 14.6. The van der Waals surface area contributed by atoms with Crippen molar-refractivity contribution in [3.8, 4) is 11.6 Å². The number of aromatic nitrogens is 2. The van der Waals surface area contributed by atoms with Gasteiger partial charge in [-0.15, -0.1) is 0 Å². The maximum atomic E-state index is 11.8. The number of rotatable bonds is 8. The predicted octanol–water partition coefficient (Wildman–Crippen LogP) is 6.86. The maximum absolute atomic E-state index is 11.8. The van der Waals surface area contributed by atoms with Crippen LogP contribution in [0.3, 0.4) is 0 Å². The van der Waals surface area contributed by atoms with Gasteiger partial charge in [-0.05, 0) is 93.3 Å². The number of methoxy groups -OCH3 is 1. The molecule has 8 nitrogen and oxygen atoms in total. The number of anilines is 1. The first-order chi connectivity index (χ1) is 19.6. The highest BCUT2D eigenvalue weighted by molar-refractivity contribution is 6.74. The highest BCUT2D eigenvalue weighted by Crippen LogP contribution is 2.51. The molecule has 0 radical (unpaired) electrons. The number of likely N-dealkylation sites (tertiary alicyclic amines) is 1. The number of carbonyl (C=O) groups excluding carboxylic acids is 1. The topological polar surface area (TPSA) is 103 Å². The van der Waals surface area contributed by atoms with Crippen molar-refractivity contribution in [2.45, 2.75) is 77.4 Å². The standard InChI is InChI=1S/C32H46ClN5O3Si/c1-20-26(41-42(8,9)31(2,3)4)13-12-25(33)27(20)32(5)18-22(10-11-24(32)21-14-16-38(6)17-15-21)36-30-35-19-23(28(34)39)29(37-30)40-7/h10-13,19,21H,14-18H2,1-9H3,(H2,34,39)(H,35,36,37). The number of primary amides is 1. The molecule has 1 aliphatic carbocycles. The fourth-order valence-electron chi connectivity index (χ4n) is 5.91. The zero-order valence-corrected chi connectivity index (χ0v) is 28.3. The fraction of sp³-hybridized carbons (Fsp3) is 0.531. The first-order valence-corrected chi connectivity index (χ1v) is 17.9. The van der Waals surface area contributed by atoms with E-state index in [1.807, 2.05) is 12.1 Å². The molecule has 1 aromatic heterocycles. The fourth-order valence-corrected chi connectivity index (χ4v) is 7.40. The number of hydrogen-bond donors (Lipinski definition) is 2. The second-order valence-corrected chi connectivity index (χ2v) is 18.5. The van der Waals surface area contributed by atoms with Crippen LogP contribution < -0.4 is 20.2 Å². The molecule has 42 heavy (non-hydrogen) atoms. The van der Waals surface area contributed by atoms with Crippen molar-refractivity contribution in [1.82, 2.24) is 14.9 Å². The first kappa shape index (κ1) is 32.0. The number of carbonyl (C=O) groups is 1. The summed E-state index contributed by atoms with van der Waals surface area (Å²) in [5.41, 5.74) is 9.70. The van der Waals surface area contributed by atoms with Gasteiger partial charge in [-0.3, -0.25) is 4.79 Å². The van der Waals surface area contributed by atoms with Gasteiger partial charge in [0.1, 0.15) is 11.3 Å². The lowest BCUT2D eigenvalue weighted by Crippen LogP contribution is -2.44. The summed E-state index contributed by atoms with van der Waals surface area (Å²) in [6.07, 6.45) is 8.63. The van der Waals surface area contributed by atoms with E-state index in [-0.39, 0.29) is 16.5 Å². The van der Waals surface area contributed by atoms with Crippen molar-refractivity contribution in [2.24, 2.45) is 11.7 Å². The molecular weight excluding hydrogens is 566 g/mol. The Morgan fingerprint density at radius 3 is 2.48 bits per heavy atom. The second kappa shape index (κ2) is 12.0. The quantitative estimate of drug-likeness (QED) is 0.314. The molecule has 0 spiro atoms. The third-order valence-electron chi connectivity index (χ3n) is 9.38. The van der Waals surface area contributed by atoms with Gasteiger partial charge in [0.25, 0.3) is 5.91 Å². The maximum Gasteiger partial charge on any atom is 0.255 e. The molecule has 4 rings (SSSR count). The molecule has 2 aliphatic rings. The molecular formula is C32H46ClN5O3Si. The van der Waals surface area contributed by atoms with Crippen molar-refractivity contribution in [2.75, 3.05) is 32.6 Å². The Balaban J connectivity index is 1.78. The lowest BCUT2D eigenvalue weighted by atomic mass is 9.63. The third kappa shape index (κ3) is 6.38. The summed E-state index contributed by atoms with van der Waals surface area (Å²) in [5, 5.41) is 4.18. The van der Waals surface area contributed by atoms with Crippen molar-refractivity contribution >= 4 is 31.8 Å². The van der Waals surface area contributed by atoms with E-state index in [4.69, 9.17) is 26.5 Å². The van der Waals surface area contributed by atoms with Crippen molar-refractivity contribution in [3.63, 3.8) is 0 Å². The molecule has 2 heterocycles. The van der Waals surface area contributed by atoms with Crippen LogP contribution in [0.2, 0.25) is 23.2 Å². The summed E-state index contributed by atoms with van der Waals surface area (Å²) in [5.74, 6) is 1.17. The van der Waals surface area contributed by atoms with Crippen molar-refractivity contribution < 1.29 is 14.0 Å². The average Bonchev–Trinajstić information content (AvgIpc) is 2.90. The van der Waals surface area contributed by atoms with E-state index in [0.717, 1.165) is 53.5 Å². The van der Waals surface area contributed by atoms with E-state index >= 15 is 0 Å². The van der Waals surface area contributed by atoms with Gasteiger partial charge < -0.3 is 25.1 Å². The minimum atomic E-state index is -2.08. The van der Waals surface area contributed by atoms with E-state index in [9.17, 15) is 4.79 Å². The van der Waals surface area contributed by atoms with Gasteiger partial charge in [0.15, 0.2) is 0 Å². The molecule has 3 N–H and O–H groups in total. The Kier molecular flexibility index (Phi) is 9.16. The Hall–Kier alpha value is -2.88. The van der Waals surface area contributed by atoms with Gasteiger partial charge in [0, 0.05) is 28.8 Å². The number of nitrogens with zero attached hydrogens (tertiary/aromatic N) is 3. The highest BCUT2D eigenvalue weighted by atomic mass is 35.5. The molecule has 1 atom stereocenters. The summed E-state index contributed by atoms with van der Waals surface area (Å²) in [6, 6.07) is 4.02. The van der Waals surface area contributed by atoms with Crippen LogP contribution >= 0.6 is 11.6 Å². The van der Waals surface area contributed by atoms with Crippen LogP contribution in [0.15, 0.2) is 41.8 Å². The molecule has 0 bridgehead atoms. The predicted molar refractivity (Wildman–Crippen MR) is 173 cm³/mol. The zero-order chi connectivity index (χ0) is 31.0. The normalized spacial score (nSPS) is 20.5. The Morgan fingerprint density at radius 2 is 1.88 bits per heavy atom. The lowest BCUT2D eigenvalue weighted by molar-refractivity contribution is 0.0996. The number of halogens is 1. The van der Waals surface area contributed by atoms with Crippen molar-refractivity contribution in [3.05, 3.63) is 63.5 Å². The van der Waals surface area contributed by atoms with Crippen LogP contribution in [0.1, 0.15) is 68.4 Å². The Labute approximate surface area is 256 Å². The molecule has 228 valence electrons. The summed E-state index contributed by atoms with van der Waals surface area (Å²) >= 11 is 7.10. The number of amides is 1. The lowest BCUT2D eigenvalue weighted by Gasteiger charge is -2.44. The Bertz CT molecular complexity index is 1410. The van der Waals surface area contributed by atoms with Gasteiger partial charge in [-0.1, -0.05) is 50.9 Å². The number of nitrogens with one attached hydrogen (secondary N) is 1. The third-order valence-corrected chi connectivity index (χ3v) is 14.0. The summed E-state index contributed by atoms with van der Waals surface area (Å²) in [4.78, 5) is 22.9. The van der Waals surface area contributed by atoms with Crippen LogP contribution in [0.4, 0.5) is 5.95 Å². The SMILES string of the molecule is COc1nc(NC2=CC=C(C3CCN(C)CC3)C(C)(c3c(Cl)ccc(O[Si](C)(C)C(C)(C)C)c3C)C2)ncc1C(N)=O. The number of nitrogens with two attached hydrogens (primary N) is 1. The molecule has 2 aromatic rings. The minimum absolute atomic E-state index is 0.0676. The number of ether oxygens (including phenoxy) is 1. The molecule has 0 saturated carbocycles. The van der Waals surface area contributed by atoms with Gasteiger partial charge in [-0.25, -0.2) is 4.98 Å².